The molecule has 138 valence electrons. The molecule has 8 nitrogen and oxygen atoms in total. The van der Waals surface area contributed by atoms with Gasteiger partial charge in [0, 0.05) is 11.6 Å². The zero-order valence-corrected chi connectivity index (χ0v) is 15.7. The molecule has 4 aromatic rings. The maximum Gasteiger partial charge on any atom is 0.322 e. The molecule has 0 atom stereocenters. The molecule has 0 saturated heterocycles. The number of thiazole rings is 1. The van der Waals surface area contributed by atoms with E-state index in [1.807, 2.05) is 30.3 Å². The fraction of sp³-hybridized carbons (Fsp3) is 0.167. The first-order valence-electron chi connectivity index (χ1n) is 7.97. The lowest BCUT2D eigenvalue weighted by Crippen LogP contribution is -1.90. The van der Waals surface area contributed by atoms with Crippen LogP contribution in [0, 0.1) is 0 Å². The SMILES string of the molecule is COc1cccc(-c2nnc(Nc3nc4c(OC)cc(OC)cc4s3)o2)c1. The Hall–Kier alpha value is -3.33. The fourth-order valence-corrected chi connectivity index (χ4v) is 3.44. The van der Waals surface area contributed by atoms with Gasteiger partial charge in [-0.05, 0) is 24.3 Å². The van der Waals surface area contributed by atoms with E-state index < -0.39 is 0 Å². The molecule has 0 amide bonds. The van der Waals surface area contributed by atoms with Crippen LogP contribution in [0.15, 0.2) is 40.8 Å². The highest BCUT2D eigenvalue weighted by molar-refractivity contribution is 7.22. The fourth-order valence-electron chi connectivity index (χ4n) is 2.54. The number of rotatable bonds is 6. The molecular weight excluding hydrogens is 368 g/mol. The monoisotopic (exact) mass is 384 g/mol. The second kappa shape index (κ2) is 7.12. The Labute approximate surface area is 158 Å². The van der Waals surface area contributed by atoms with Crippen LogP contribution in [0.3, 0.4) is 0 Å². The quantitative estimate of drug-likeness (QED) is 0.531. The molecule has 0 saturated carbocycles. The Balaban J connectivity index is 1.62. The van der Waals surface area contributed by atoms with Crippen LogP contribution in [0.25, 0.3) is 21.7 Å². The van der Waals surface area contributed by atoms with Crippen LogP contribution in [0.1, 0.15) is 0 Å². The molecule has 0 unspecified atom stereocenters. The van der Waals surface area contributed by atoms with Crippen molar-refractivity contribution in [1.29, 1.82) is 0 Å². The standard InChI is InChI=1S/C18H16N4O4S/c1-23-11-6-4-5-10(7-11)16-21-22-17(26-16)20-18-19-15-13(25-3)8-12(24-2)9-14(15)27-18/h4-9H,1-3H3,(H,19,20,22). The summed E-state index contributed by atoms with van der Waals surface area (Å²) in [5, 5.41) is 11.8. The topological polar surface area (TPSA) is 91.5 Å². The molecule has 2 aromatic carbocycles. The van der Waals surface area contributed by atoms with Gasteiger partial charge >= 0.3 is 6.01 Å². The molecule has 0 fully saturated rings. The third-order valence-electron chi connectivity index (χ3n) is 3.84. The number of nitrogens with one attached hydrogen (secondary N) is 1. The van der Waals surface area contributed by atoms with Crippen LogP contribution in [0.5, 0.6) is 17.2 Å². The van der Waals surface area contributed by atoms with Gasteiger partial charge in [0.15, 0.2) is 5.13 Å². The van der Waals surface area contributed by atoms with Gasteiger partial charge in [-0.2, -0.15) is 0 Å². The van der Waals surface area contributed by atoms with Crippen molar-refractivity contribution in [3.8, 4) is 28.7 Å². The Morgan fingerprint density at radius 3 is 2.59 bits per heavy atom. The van der Waals surface area contributed by atoms with E-state index in [9.17, 15) is 0 Å². The number of nitrogens with zero attached hydrogens (tertiary/aromatic N) is 3. The van der Waals surface area contributed by atoms with Crippen molar-refractivity contribution < 1.29 is 18.6 Å². The van der Waals surface area contributed by atoms with Gasteiger partial charge in [-0.15, -0.1) is 5.10 Å². The molecule has 1 N–H and O–H groups in total. The number of benzene rings is 2. The lowest BCUT2D eigenvalue weighted by Gasteiger charge is -2.03. The first-order chi connectivity index (χ1) is 13.2. The summed E-state index contributed by atoms with van der Waals surface area (Å²) in [6.45, 7) is 0. The number of methoxy groups -OCH3 is 3. The number of fused-ring (bicyclic) bond motifs is 1. The molecule has 2 heterocycles. The van der Waals surface area contributed by atoms with Crippen LogP contribution in [-0.2, 0) is 0 Å². The predicted molar refractivity (Wildman–Crippen MR) is 102 cm³/mol. The van der Waals surface area contributed by atoms with Gasteiger partial charge in [-0.25, -0.2) is 4.98 Å². The predicted octanol–water partition coefficient (Wildman–Crippen LogP) is 4.12. The summed E-state index contributed by atoms with van der Waals surface area (Å²) in [6.07, 6.45) is 0. The number of aromatic nitrogens is 3. The van der Waals surface area contributed by atoms with Crippen molar-refractivity contribution in [1.82, 2.24) is 15.2 Å². The van der Waals surface area contributed by atoms with E-state index in [0.717, 1.165) is 15.8 Å². The van der Waals surface area contributed by atoms with Gasteiger partial charge in [0.05, 0.1) is 26.0 Å². The number of hydrogen-bond acceptors (Lipinski definition) is 9. The third kappa shape index (κ3) is 3.36. The molecule has 0 aliphatic rings. The average molecular weight is 384 g/mol. The highest BCUT2D eigenvalue weighted by Crippen LogP contribution is 2.37. The molecule has 4 rings (SSSR count). The zero-order valence-electron chi connectivity index (χ0n) is 14.8. The zero-order chi connectivity index (χ0) is 18.8. The number of ether oxygens (including phenoxy) is 3. The Morgan fingerprint density at radius 2 is 1.81 bits per heavy atom. The first kappa shape index (κ1) is 17.1. The molecule has 0 bridgehead atoms. The maximum atomic E-state index is 5.69. The largest absolute Gasteiger partial charge is 0.497 e. The molecule has 0 spiro atoms. The summed E-state index contributed by atoms with van der Waals surface area (Å²) in [6, 6.07) is 11.3. The number of hydrogen-bond donors (Lipinski definition) is 1. The minimum absolute atomic E-state index is 0.248. The van der Waals surface area contributed by atoms with Crippen molar-refractivity contribution in [2.24, 2.45) is 0 Å². The minimum Gasteiger partial charge on any atom is -0.497 e. The van der Waals surface area contributed by atoms with Crippen molar-refractivity contribution in [2.75, 3.05) is 26.6 Å². The average Bonchev–Trinajstić information content (AvgIpc) is 3.33. The Kier molecular flexibility index (Phi) is 4.51. The highest BCUT2D eigenvalue weighted by Gasteiger charge is 2.14. The summed E-state index contributed by atoms with van der Waals surface area (Å²) in [7, 11) is 4.81. The third-order valence-corrected chi connectivity index (χ3v) is 4.76. The van der Waals surface area contributed by atoms with Crippen molar-refractivity contribution in [3.05, 3.63) is 36.4 Å². The van der Waals surface area contributed by atoms with Gasteiger partial charge < -0.3 is 18.6 Å². The minimum atomic E-state index is 0.248. The molecular formula is C18H16N4O4S. The number of anilines is 2. The second-order valence-electron chi connectivity index (χ2n) is 5.46. The smallest absolute Gasteiger partial charge is 0.322 e. The summed E-state index contributed by atoms with van der Waals surface area (Å²) in [4.78, 5) is 4.54. The highest BCUT2D eigenvalue weighted by atomic mass is 32.1. The second-order valence-corrected chi connectivity index (χ2v) is 6.50. The van der Waals surface area contributed by atoms with Crippen molar-refractivity contribution >= 4 is 32.7 Å². The normalized spacial score (nSPS) is 10.8. The van der Waals surface area contributed by atoms with Gasteiger partial charge in [0.2, 0.25) is 5.89 Å². The molecule has 0 aliphatic carbocycles. The van der Waals surface area contributed by atoms with Gasteiger partial charge in [0.25, 0.3) is 0 Å². The molecule has 27 heavy (non-hydrogen) atoms. The van der Waals surface area contributed by atoms with Crippen LogP contribution >= 0.6 is 11.3 Å². The lowest BCUT2D eigenvalue weighted by molar-refractivity contribution is 0.397. The summed E-state index contributed by atoms with van der Waals surface area (Å²) in [5.41, 5.74) is 1.50. The molecule has 0 aliphatic heterocycles. The van der Waals surface area contributed by atoms with E-state index in [1.165, 1.54) is 11.3 Å². The summed E-state index contributed by atoms with van der Waals surface area (Å²) < 4.78 is 22.5. The van der Waals surface area contributed by atoms with Gasteiger partial charge in [0.1, 0.15) is 22.8 Å². The molecule has 9 heteroatoms. The Morgan fingerprint density at radius 1 is 0.963 bits per heavy atom. The van der Waals surface area contributed by atoms with Gasteiger partial charge in [-0.1, -0.05) is 22.5 Å². The van der Waals surface area contributed by atoms with E-state index in [2.05, 4.69) is 20.5 Å². The van der Waals surface area contributed by atoms with Crippen LogP contribution in [-0.4, -0.2) is 36.5 Å². The van der Waals surface area contributed by atoms with E-state index in [1.54, 1.807) is 27.4 Å². The Bertz CT molecular complexity index is 1090. The van der Waals surface area contributed by atoms with Crippen molar-refractivity contribution in [3.63, 3.8) is 0 Å². The van der Waals surface area contributed by atoms with Gasteiger partial charge in [-0.3, -0.25) is 5.32 Å². The van der Waals surface area contributed by atoms with Crippen LogP contribution in [0.4, 0.5) is 11.1 Å². The maximum absolute atomic E-state index is 5.69. The van der Waals surface area contributed by atoms with Crippen molar-refractivity contribution in [2.45, 2.75) is 0 Å². The molecule has 2 aromatic heterocycles. The lowest BCUT2D eigenvalue weighted by atomic mass is 10.2. The van der Waals surface area contributed by atoms with E-state index >= 15 is 0 Å². The van der Waals surface area contributed by atoms with Crippen LogP contribution in [0.2, 0.25) is 0 Å². The van der Waals surface area contributed by atoms with E-state index in [4.69, 9.17) is 18.6 Å². The summed E-state index contributed by atoms with van der Waals surface area (Å²) >= 11 is 1.43. The summed E-state index contributed by atoms with van der Waals surface area (Å²) in [5.74, 6) is 2.44. The van der Waals surface area contributed by atoms with Crippen LogP contribution < -0.4 is 19.5 Å². The van der Waals surface area contributed by atoms with E-state index in [0.29, 0.717) is 28.3 Å². The molecule has 0 radical (unpaired) electrons. The van der Waals surface area contributed by atoms with E-state index in [-0.39, 0.29) is 6.01 Å². The first-order valence-corrected chi connectivity index (χ1v) is 8.79.